The first-order valence-corrected chi connectivity index (χ1v) is 17.7. The Morgan fingerprint density at radius 1 is 0.925 bits per heavy atom. The molecule has 0 radical (unpaired) electrons. The summed E-state index contributed by atoms with van der Waals surface area (Å²) in [5.74, 6) is 2.10. The molecule has 40 heavy (non-hydrogen) atoms. The van der Waals surface area contributed by atoms with Gasteiger partial charge >= 0.3 is 0 Å². The Kier molecular flexibility index (Phi) is 9.94. The quantitative estimate of drug-likeness (QED) is 0.0938. The van der Waals surface area contributed by atoms with Crippen LogP contribution in [-0.4, -0.2) is 55.7 Å². The Hall–Kier alpha value is -2.85. The van der Waals surface area contributed by atoms with Crippen LogP contribution in [0, 0.1) is 0 Å². The van der Waals surface area contributed by atoms with Crippen molar-refractivity contribution in [3.63, 3.8) is 0 Å². The molecule has 0 saturated heterocycles. The third-order valence-corrected chi connectivity index (χ3v) is 8.81. The predicted molar refractivity (Wildman–Crippen MR) is 165 cm³/mol. The van der Waals surface area contributed by atoms with E-state index in [2.05, 4.69) is 29.6 Å². The van der Waals surface area contributed by atoms with Crippen LogP contribution in [0.4, 0.5) is 5.82 Å². The van der Waals surface area contributed by atoms with Gasteiger partial charge in [0, 0.05) is 44.9 Å². The van der Waals surface area contributed by atoms with Crippen molar-refractivity contribution >= 4 is 48.1 Å². The van der Waals surface area contributed by atoms with E-state index in [-0.39, 0.29) is 5.28 Å². The highest BCUT2D eigenvalue weighted by Crippen LogP contribution is 2.31. The van der Waals surface area contributed by atoms with Crippen molar-refractivity contribution in [2.75, 3.05) is 32.8 Å². The number of hydrogen-bond donors (Lipinski definition) is 0. The lowest BCUT2D eigenvalue weighted by Gasteiger charge is -2.20. The number of nitrogens with zero attached hydrogens (tertiary/aromatic N) is 5. The summed E-state index contributed by atoms with van der Waals surface area (Å²) in [7, 11) is 4.02. The fourth-order valence-corrected chi connectivity index (χ4v) is 5.44. The molecule has 0 fully saturated rings. The van der Waals surface area contributed by atoms with Gasteiger partial charge in [0.15, 0.2) is 11.3 Å². The monoisotopic (exact) mass is 601 g/mol. The van der Waals surface area contributed by atoms with Crippen LogP contribution in [0.15, 0.2) is 42.5 Å². The molecule has 0 bridgehead atoms. The molecule has 0 unspecified atom stereocenters. The summed E-state index contributed by atoms with van der Waals surface area (Å²) >= 11 is 12.6. The number of aryl methyl sites for hydroxylation is 2. The van der Waals surface area contributed by atoms with E-state index in [0.717, 1.165) is 45.8 Å². The van der Waals surface area contributed by atoms with Gasteiger partial charge in [0.05, 0.1) is 19.9 Å². The van der Waals surface area contributed by atoms with Crippen molar-refractivity contribution in [2.45, 2.75) is 51.8 Å². The lowest BCUT2D eigenvalue weighted by molar-refractivity contribution is 0.0770. The summed E-state index contributed by atoms with van der Waals surface area (Å²) in [5.41, 5.74) is 4.52. The fraction of sp³-hybridized carbons (Fsp3) is 0.414. The number of fused-ring (bicyclic) bond motifs is 1. The average molecular weight is 603 g/mol. The maximum absolute atomic E-state index is 6.49. The van der Waals surface area contributed by atoms with E-state index >= 15 is 0 Å². The number of ether oxygens (including phenoxy) is 3. The van der Waals surface area contributed by atoms with Crippen LogP contribution >= 0.6 is 23.2 Å². The smallest absolute Gasteiger partial charge is 0.225 e. The summed E-state index contributed by atoms with van der Waals surface area (Å²) in [6, 6.07) is 14.7. The summed E-state index contributed by atoms with van der Waals surface area (Å²) in [5, 5.41) is 5.84. The van der Waals surface area contributed by atoms with Crippen LogP contribution in [0.1, 0.15) is 16.8 Å². The molecule has 4 rings (SSSR count). The van der Waals surface area contributed by atoms with Crippen molar-refractivity contribution in [3.8, 4) is 11.5 Å². The predicted octanol–water partition coefficient (Wildman–Crippen LogP) is 6.88. The summed E-state index contributed by atoms with van der Waals surface area (Å²) in [6.07, 6.45) is 1.50. The van der Waals surface area contributed by atoms with Crippen LogP contribution in [0.5, 0.6) is 11.5 Å². The van der Waals surface area contributed by atoms with Gasteiger partial charge in [-0.25, -0.2) is 9.67 Å². The second-order valence-electron chi connectivity index (χ2n) is 11.0. The fourth-order valence-electron chi connectivity index (χ4n) is 4.39. The van der Waals surface area contributed by atoms with Crippen molar-refractivity contribution in [1.82, 2.24) is 19.7 Å². The van der Waals surface area contributed by atoms with E-state index in [1.54, 1.807) is 14.2 Å². The Labute approximate surface area is 247 Å². The molecule has 0 amide bonds. The second-order valence-corrected chi connectivity index (χ2v) is 17.4. The molecule has 0 saturated carbocycles. The van der Waals surface area contributed by atoms with Crippen molar-refractivity contribution in [2.24, 2.45) is 0 Å². The highest BCUT2D eigenvalue weighted by Gasteiger charge is 2.22. The van der Waals surface area contributed by atoms with Crippen molar-refractivity contribution < 1.29 is 14.2 Å². The van der Waals surface area contributed by atoms with E-state index < -0.39 is 8.07 Å². The van der Waals surface area contributed by atoms with E-state index in [1.165, 1.54) is 5.56 Å². The molecule has 4 aromatic rings. The van der Waals surface area contributed by atoms with Gasteiger partial charge in [0.25, 0.3) is 0 Å². The van der Waals surface area contributed by atoms with E-state index in [1.807, 2.05) is 59.1 Å². The molecule has 0 N–H and O–H groups in total. The molecule has 2 aromatic heterocycles. The first kappa shape index (κ1) is 30.1. The third-order valence-electron chi connectivity index (χ3n) is 6.68. The van der Waals surface area contributed by atoms with Crippen LogP contribution in [0.25, 0.3) is 11.0 Å². The molecule has 11 heteroatoms. The first-order valence-electron chi connectivity index (χ1n) is 13.2. The molecule has 0 aliphatic rings. The molecular weight excluding hydrogens is 565 g/mol. The minimum Gasteiger partial charge on any atom is -0.497 e. The van der Waals surface area contributed by atoms with Crippen LogP contribution in [0.3, 0.4) is 0 Å². The molecular formula is C29H37Cl2N5O3Si. The lowest BCUT2D eigenvalue weighted by atomic mass is 10.1. The second kappa shape index (κ2) is 13.2. The Morgan fingerprint density at radius 2 is 1.68 bits per heavy atom. The van der Waals surface area contributed by atoms with E-state index in [4.69, 9.17) is 42.5 Å². The molecule has 0 aliphatic carbocycles. The van der Waals surface area contributed by atoms with Gasteiger partial charge in [0.2, 0.25) is 5.28 Å². The van der Waals surface area contributed by atoms with Gasteiger partial charge in [-0.15, -0.1) is 0 Å². The number of halogens is 2. The maximum atomic E-state index is 6.49. The van der Waals surface area contributed by atoms with Crippen LogP contribution in [0.2, 0.25) is 36.0 Å². The largest absolute Gasteiger partial charge is 0.497 e. The molecule has 0 atom stereocenters. The molecule has 8 nitrogen and oxygen atoms in total. The van der Waals surface area contributed by atoms with E-state index in [9.17, 15) is 0 Å². The van der Waals surface area contributed by atoms with Gasteiger partial charge in [0.1, 0.15) is 23.7 Å². The molecule has 2 heterocycles. The summed E-state index contributed by atoms with van der Waals surface area (Å²) < 4.78 is 19.0. The standard InChI is InChI=1S/C29H37Cl2N5O3Si/c1-35(18-21-10-13-23(37-2)17-25(21)38-3)28-27-26(32-29(31)33-28)24(14-9-20-7-11-22(30)12-8-20)36(34-27)19-39-15-16-40(4,5)6/h7-8,10-13,17H,9,14-16,18-19H2,1-6H3. The van der Waals surface area contributed by atoms with E-state index in [0.29, 0.717) is 37.6 Å². The van der Waals surface area contributed by atoms with Crippen LogP contribution < -0.4 is 14.4 Å². The molecule has 2 aromatic carbocycles. The zero-order valence-corrected chi connectivity index (χ0v) is 26.5. The van der Waals surface area contributed by atoms with Gasteiger partial charge in [-0.05, 0) is 60.3 Å². The average Bonchev–Trinajstić information content (AvgIpc) is 3.26. The molecule has 0 spiro atoms. The number of rotatable bonds is 13. The minimum absolute atomic E-state index is 0.169. The number of anilines is 1. The SMILES string of the molecule is COc1ccc(CN(C)c2nc(Cl)nc3c(CCc4ccc(Cl)cc4)n(COCC[Si](C)(C)C)nc23)c(OC)c1. The number of hydrogen-bond acceptors (Lipinski definition) is 7. The third kappa shape index (κ3) is 7.66. The van der Waals surface area contributed by atoms with Gasteiger partial charge in [-0.3, -0.25) is 0 Å². The van der Waals surface area contributed by atoms with Gasteiger partial charge in [-0.2, -0.15) is 10.1 Å². The first-order chi connectivity index (χ1) is 19.1. The minimum atomic E-state index is -1.22. The summed E-state index contributed by atoms with van der Waals surface area (Å²) in [6.45, 7) is 8.58. The van der Waals surface area contributed by atoms with Gasteiger partial charge < -0.3 is 19.1 Å². The Morgan fingerprint density at radius 3 is 2.35 bits per heavy atom. The number of methoxy groups -OCH3 is 2. The lowest BCUT2D eigenvalue weighted by Crippen LogP contribution is -2.22. The molecule has 0 aliphatic heterocycles. The zero-order chi connectivity index (χ0) is 28.9. The van der Waals surface area contributed by atoms with Crippen molar-refractivity contribution in [1.29, 1.82) is 0 Å². The topological polar surface area (TPSA) is 74.5 Å². The highest BCUT2D eigenvalue weighted by molar-refractivity contribution is 6.76. The van der Waals surface area contributed by atoms with Gasteiger partial charge in [-0.1, -0.05) is 43.4 Å². The Balaban J connectivity index is 1.67. The number of benzene rings is 2. The Bertz CT molecular complexity index is 1440. The molecule has 214 valence electrons. The zero-order valence-electron chi connectivity index (χ0n) is 24.0. The van der Waals surface area contributed by atoms with Crippen LogP contribution in [-0.2, 0) is 30.9 Å². The normalized spacial score (nSPS) is 11.7. The summed E-state index contributed by atoms with van der Waals surface area (Å²) in [4.78, 5) is 11.2. The number of aromatic nitrogens is 4. The van der Waals surface area contributed by atoms with Crippen molar-refractivity contribution in [3.05, 3.63) is 69.6 Å². The maximum Gasteiger partial charge on any atom is 0.225 e. The highest BCUT2D eigenvalue weighted by atomic mass is 35.5.